The van der Waals surface area contributed by atoms with Gasteiger partial charge in [-0.25, -0.2) is 4.79 Å². The largest absolute Gasteiger partial charge is 0.481 e. The molecule has 2 aromatic rings. The number of benzene rings is 2. The Balaban J connectivity index is 1.39. The van der Waals surface area contributed by atoms with Crippen LogP contribution in [0.15, 0.2) is 48.5 Å². The van der Waals surface area contributed by atoms with Crippen LogP contribution in [0.25, 0.3) is 11.1 Å². The van der Waals surface area contributed by atoms with E-state index in [0.29, 0.717) is 19.5 Å². The predicted molar refractivity (Wildman–Crippen MR) is 128 cm³/mol. The summed E-state index contributed by atoms with van der Waals surface area (Å²) >= 11 is 0. The van der Waals surface area contributed by atoms with Crippen molar-refractivity contribution < 1.29 is 24.2 Å². The lowest BCUT2D eigenvalue weighted by atomic mass is 9.93. The van der Waals surface area contributed by atoms with Crippen molar-refractivity contribution in [3.63, 3.8) is 0 Å². The second-order valence-electron chi connectivity index (χ2n) is 9.48. The number of carbonyl (C=O) groups is 3. The molecule has 1 aliphatic heterocycles. The summed E-state index contributed by atoms with van der Waals surface area (Å²) in [6.07, 6.45) is 0.850. The van der Waals surface area contributed by atoms with Gasteiger partial charge in [0.15, 0.2) is 0 Å². The van der Waals surface area contributed by atoms with E-state index in [-0.39, 0.29) is 36.7 Å². The number of amides is 2. The van der Waals surface area contributed by atoms with Crippen molar-refractivity contribution >= 4 is 18.0 Å². The van der Waals surface area contributed by atoms with Gasteiger partial charge in [-0.2, -0.15) is 0 Å². The molecule has 0 bridgehead atoms. The van der Waals surface area contributed by atoms with Crippen LogP contribution in [0.4, 0.5) is 4.79 Å². The molecular weight excluding hydrogens is 432 g/mol. The summed E-state index contributed by atoms with van der Waals surface area (Å²) in [4.78, 5) is 38.3. The second-order valence-corrected chi connectivity index (χ2v) is 9.48. The summed E-state index contributed by atoms with van der Waals surface area (Å²) < 4.78 is 5.64. The Morgan fingerprint density at radius 2 is 1.65 bits per heavy atom. The van der Waals surface area contributed by atoms with Crippen molar-refractivity contribution in [1.82, 2.24) is 10.2 Å². The maximum Gasteiger partial charge on any atom is 0.407 e. The molecule has 34 heavy (non-hydrogen) atoms. The Hall–Kier alpha value is -3.35. The van der Waals surface area contributed by atoms with Gasteiger partial charge in [-0.3, -0.25) is 9.59 Å². The maximum absolute atomic E-state index is 13.0. The fraction of sp³-hybridized carbons (Fsp3) is 0.444. The lowest BCUT2D eigenvalue weighted by molar-refractivity contribution is -0.146. The first kappa shape index (κ1) is 23.8. The first-order chi connectivity index (χ1) is 16.4. The van der Waals surface area contributed by atoms with Crippen molar-refractivity contribution in [1.29, 1.82) is 0 Å². The number of alkyl carbamates (subject to hydrolysis) is 1. The molecule has 1 aliphatic carbocycles. The molecule has 2 aromatic carbocycles. The summed E-state index contributed by atoms with van der Waals surface area (Å²) in [5, 5.41) is 11.7. The van der Waals surface area contributed by atoms with E-state index in [2.05, 4.69) is 29.6 Å². The van der Waals surface area contributed by atoms with E-state index < -0.39 is 18.1 Å². The summed E-state index contributed by atoms with van der Waals surface area (Å²) in [5.41, 5.74) is 4.58. The Morgan fingerprint density at radius 3 is 2.21 bits per heavy atom. The number of rotatable bonds is 9. The number of nitrogens with one attached hydrogen (secondary N) is 1. The molecule has 7 nitrogen and oxygen atoms in total. The van der Waals surface area contributed by atoms with Gasteiger partial charge in [0, 0.05) is 24.9 Å². The zero-order valence-electron chi connectivity index (χ0n) is 19.7. The molecule has 1 heterocycles. The van der Waals surface area contributed by atoms with Crippen molar-refractivity contribution in [2.24, 2.45) is 11.8 Å². The fourth-order valence-electron chi connectivity index (χ4n) is 4.92. The third-order valence-electron chi connectivity index (χ3n) is 7.00. The fourth-order valence-corrected chi connectivity index (χ4v) is 4.92. The van der Waals surface area contributed by atoms with E-state index in [9.17, 15) is 14.4 Å². The SMILES string of the molecule is CCC(C)CC(NC(=O)OCC1c2ccccc2-c2ccccc21)C(=O)N1CC(CC(=O)O)C1. The number of likely N-dealkylation sites (tertiary alicyclic amines) is 1. The number of ether oxygens (including phenoxy) is 1. The summed E-state index contributed by atoms with van der Waals surface area (Å²) in [7, 11) is 0. The summed E-state index contributed by atoms with van der Waals surface area (Å²) in [6, 6.07) is 15.6. The highest BCUT2D eigenvalue weighted by Crippen LogP contribution is 2.44. The van der Waals surface area contributed by atoms with Gasteiger partial charge in [-0.05, 0) is 34.6 Å². The van der Waals surface area contributed by atoms with Gasteiger partial charge in [0.05, 0.1) is 6.42 Å². The van der Waals surface area contributed by atoms with Gasteiger partial charge in [0.1, 0.15) is 12.6 Å². The molecule has 1 saturated heterocycles. The molecule has 1 fully saturated rings. The predicted octanol–water partition coefficient (Wildman–Crippen LogP) is 4.26. The molecular formula is C27H32N2O5. The Kier molecular flexibility index (Phi) is 7.20. The topological polar surface area (TPSA) is 95.9 Å². The lowest BCUT2D eigenvalue weighted by Crippen LogP contribution is -2.57. The van der Waals surface area contributed by atoms with Gasteiger partial charge in [0.2, 0.25) is 5.91 Å². The van der Waals surface area contributed by atoms with Crippen LogP contribution in [0, 0.1) is 11.8 Å². The number of carboxylic acids is 1. The number of aliphatic carboxylic acids is 1. The molecule has 2 aliphatic rings. The van der Waals surface area contributed by atoms with Crippen LogP contribution in [-0.4, -0.2) is 53.7 Å². The zero-order valence-corrected chi connectivity index (χ0v) is 19.7. The van der Waals surface area contributed by atoms with Gasteiger partial charge < -0.3 is 20.1 Å². The second kappa shape index (κ2) is 10.3. The molecule has 0 spiro atoms. The first-order valence-electron chi connectivity index (χ1n) is 12.0. The Labute approximate surface area is 200 Å². The van der Waals surface area contributed by atoms with Gasteiger partial charge in [-0.1, -0.05) is 68.8 Å². The quantitative estimate of drug-likeness (QED) is 0.578. The van der Waals surface area contributed by atoms with Crippen LogP contribution < -0.4 is 5.32 Å². The maximum atomic E-state index is 13.0. The van der Waals surface area contributed by atoms with E-state index in [0.717, 1.165) is 28.7 Å². The molecule has 180 valence electrons. The minimum absolute atomic E-state index is 0.0276. The van der Waals surface area contributed by atoms with Crippen LogP contribution in [0.3, 0.4) is 0 Å². The van der Waals surface area contributed by atoms with E-state index in [1.54, 1.807) is 4.90 Å². The van der Waals surface area contributed by atoms with E-state index in [1.165, 1.54) is 0 Å². The highest BCUT2D eigenvalue weighted by atomic mass is 16.5. The van der Waals surface area contributed by atoms with Crippen molar-refractivity contribution in [3.05, 3.63) is 59.7 Å². The average molecular weight is 465 g/mol. The highest BCUT2D eigenvalue weighted by Gasteiger charge is 2.37. The van der Waals surface area contributed by atoms with Crippen molar-refractivity contribution in [2.75, 3.05) is 19.7 Å². The summed E-state index contributed by atoms with van der Waals surface area (Å²) in [5.74, 6) is -0.853. The molecule has 2 unspecified atom stereocenters. The van der Waals surface area contributed by atoms with Crippen molar-refractivity contribution in [2.45, 2.75) is 45.1 Å². The third kappa shape index (κ3) is 5.08. The standard InChI is InChI=1S/C27H32N2O5/c1-3-17(2)12-24(26(32)29-14-18(15-29)13-25(30)31)28-27(33)34-16-23-21-10-6-4-8-19(21)20-9-5-7-11-22(20)23/h4-11,17-18,23-24H,3,12-16H2,1-2H3,(H,28,33)(H,30,31). The molecule has 0 radical (unpaired) electrons. The van der Waals surface area contributed by atoms with E-state index in [4.69, 9.17) is 9.84 Å². The number of carboxylic acid groups (broad SMARTS) is 1. The number of hydrogen-bond donors (Lipinski definition) is 2. The summed E-state index contributed by atoms with van der Waals surface area (Å²) in [6.45, 7) is 5.10. The van der Waals surface area contributed by atoms with Crippen molar-refractivity contribution in [3.8, 4) is 11.1 Å². The van der Waals surface area contributed by atoms with Crippen LogP contribution in [0.2, 0.25) is 0 Å². The van der Waals surface area contributed by atoms with Crippen LogP contribution in [0.5, 0.6) is 0 Å². The molecule has 2 amide bonds. The van der Waals surface area contributed by atoms with Gasteiger partial charge >= 0.3 is 12.1 Å². The first-order valence-corrected chi connectivity index (χ1v) is 12.0. The van der Waals surface area contributed by atoms with Crippen LogP contribution >= 0.6 is 0 Å². The Morgan fingerprint density at radius 1 is 1.06 bits per heavy atom. The monoisotopic (exact) mass is 464 g/mol. The molecule has 0 saturated carbocycles. The number of hydrogen-bond acceptors (Lipinski definition) is 4. The molecule has 2 atom stereocenters. The number of carbonyl (C=O) groups excluding carboxylic acids is 2. The third-order valence-corrected chi connectivity index (χ3v) is 7.00. The zero-order chi connectivity index (χ0) is 24.2. The number of fused-ring (bicyclic) bond motifs is 3. The lowest BCUT2D eigenvalue weighted by Gasteiger charge is -2.40. The van der Waals surface area contributed by atoms with Gasteiger partial charge in [-0.15, -0.1) is 0 Å². The molecule has 2 N–H and O–H groups in total. The minimum Gasteiger partial charge on any atom is -0.481 e. The molecule has 7 heteroatoms. The van der Waals surface area contributed by atoms with Crippen LogP contribution in [-0.2, 0) is 14.3 Å². The normalized spacial score (nSPS) is 16.7. The average Bonchev–Trinajstić information content (AvgIpc) is 3.12. The Bertz CT molecular complexity index is 1020. The smallest absolute Gasteiger partial charge is 0.407 e. The molecule has 0 aromatic heterocycles. The molecule has 4 rings (SSSR count). The number of nitrogens with zero attached hydrogens (tertiary/aromatic N) is 1. The minimum atomic E-state index is -0.856. The highest BCUT2D eigenvalue weighted by molar-refractivity contribution is 5.86. The van der Waals surface area contributed by atoms with Gasteiger partial charge in [0.25, 0.3) is 0 Å². The van der Waals surface area contributed by atoms with E-state index in [1.807, 2.05) is 38.1 Å². The van der Waals surface area contributed by atoms with E-state index >= 15 is 0 Å². The van der Waals surface area contributed by atoms with Crippen LogP contribution in [0.1, 0.15) is 50.2 Å².